The Morgan fingerprint density at radius 3 is 2.33 bits per heavy atom. The summed E-state index contributed by atoms with van der Waals surface area (Å²) < 4.78 is 15.7. The first-order chi connectivity index (χ1) is 11.3. The fourth-order valence-corrected chi connectivity index (χ4v) is 2.81. The molecule has 2 fully saturated rings. The molecule has 0 aromatic heterocycles. The molecular formula is C13H25NO10. The smallest absolute Gasteiger partial charge is 0.187 e. The van der Waals surface area contributed by atoms with Crippen LogP contribution in [0.15, 0.2) is 0 Å². The number of likely N-dealkylation sites (N-methyl/N-ethyl adjacent to an activating group) is 1. The van der Waals surface area contributed by atoms with Crippen molar-refractivity contribution in [1.29, 1.82) is 0 Å². The van der Waals surface area contributed by atoms with Crippen molar-refractivity contribution in [2.45, 2.75) is 61.3 Å². The van der Waals surface area contributed by atoms with E-state index in [0.717, 1.165) is 0 Å². The highest BCUT2D eigenvalue weighted by Crippen LogP contribution is 2.27. The SMILES string of the molecule is CN[C@@H]1[C@@H](O)[C@H](OC2OC(C(O)CO)C(O)C(O)C2O)CO[C@@H]1O. The van der Waals surface area contributed by atoms with Gasteiger partial charge in [0.05, 0.1) is 19.3 Å². The number of rotatable bonds is 5. The minimum atomic E-state index is -1.69. The lowest BCUT2D eigenvalue weighted by Gasteiger charge is -2.44. The third-order valence-electron chi connectivity index (χ3n) is 4.30. The molecule has 2 aliphatic heterocycles. The Hall–Kier alpha value is -0.440. The summed E-state index contributed by atoms with van der Waals surface area (Å²) in [5, 5.41) is 70.8. The molecule has 0 spiro atoms. The number of hydrogen-bond donors (Lipinski definition) is 8. The molecule has 2 heterocycles. The molecule has 2 aliphatic rings. The Kier molecular flexibility index (Phi) is 6.87. The van der Waals surface area contributed by atoms with Crippen LogP contribution >= 0.6 is 0 Å². The second kappa shape index (κ2) is 8.29. The van der Waals surface area contributed by atoms with Crippen LogP contribution < -0.4 is 5.32 Å². The molecule has 24 heavy (non-hydrogen) atoms. The molecule has 2 saturated heterocycles. The number of hydrogen-bond acceptors (Lipinski definition) is 11. The van der Waals surface area contributed by atoms with Gasteiger partial charge in [-0.15, -0.1) is 0 Å². The lowest BCUT2D eigenvalue weighted by Crippen LogP contribution is -2.64. The van der Waals surface area contributed by atoms with Gasteiger partial charge in [0, 0.05) is 0 Å². The quantitative estimate of drug-likeness (QED) is 0.236. The van der Waals surface area contributed by atoms with Gasteiger partial charge in [0.2, 0.25) is 0 Å². The Labute approximate surface area is 138 Å². The molecule has 0 bridgehead atoms. The van der Waals surface area contributed by atoms with E-state index in [-0.39, 0.29) is 6.61 Å². The van der Waals surface area contributed by atoms with E-state index in [4.69, 9.17) is 19.3 Å². The lowest BCUT2D eigenvalue weighted by molar-refractivity contribution is -0.339. The molecule has 2 rings (SSSR count). The molecule has 11 heteroatoms. The lowest BCUT2D eigenvalue weighted by atomic mass is 9.95. The first-order valence-electron chi connectivity index (χ1n) is 7.60. The van der Waals surface area contributed by atoms with Gasteiger partial charge in [-0.05, 0) is 7.05 Å². The topological polar surface area (TPSA) is 181 Å². The van der Waals surface area contributed by atoms with E-state index in [1.165, 1.54) is 7.05 Å². The van der Waals surface area contributed by atoms with Crippen LogP contribution in [0.5, 0.6) is 0 Å². The van der Waals surface area contributed by atoms with Gasteiger partial charge in [-0.1, -0.05) is 0 Å². The first kappa shape index (κ1) is 19.9. The summed E-state index contributed by atoms with van der Waals surface area (Å²) in [6.07, 6.45) is -12.9. The van der Waals surface area contributed by atoms with E-state index < -0.39 is 68.0 Å². The third kappa shape index (κ3) is 3.86. The minimum absolute atomic E-state index is 0.209. The maximum atomic E-state index is 10.2. The van der Waals surface area contributed by atoms with E-state index in [2.05, 4.69) is 5.32 Å². The van der Waals surface area contributed by atoms with E-state index in [1.807, 2.05) is 0 Å². The van der Waals surface area contributed by atoms with Gasteiger partial charge < -0.3 is 55.3 Å². The van der Waals surface area contributed by atoms with Gasteiger partial charge in [-0.25, -0.2) is 0 Å². The van der Waals surface area contributed by atoms with Crippen LogP contribution in [0.25, 0.3) is 0 Å². The van der Waals surface area contributed by atoms with E-state index in [9.17, 15) is 30.6 Å². The van der Waals surface area contributed by atoms with Gasteiger partial charge in [0.1, 0.15) is 42.7 Å². The van der Waals surface area contributed by atoms with Gasteiger partial charge in [-0.2, -0.15) is 0 Å². The van der Waals surface area contributed by atoms with Crippen molar-refractivity contribution in [1.82, 2.24) is 5.32 Å². The van der Waals surface area contributed by atoms with Crippen molar-refractivity contribution < 1.29 is 50.0 Å². The Morgan fingerprint density at radius 1 is 1.08 bits per heavy atom. The normalized spacial score (nSPS) is 48.2. The highest BCUT2D eigenvalue weighted by Gasteiger charge is 2.49. The zero-order valence-electron chi connectivity index (χ0n) is 13.0. The third-order valence-corrected chi connectivity index (χ3v) is 4.30. The Morgan fingerprint density at radius 2 is 1.75 bits per heavy atom. The first-order valence-corrected chi connectivity index (χ1v) is 7.60. The maximum Gasteiger partial charge on any atom is 0.187 e. The molecule has 0 amide bonds. The molecule has 142 valence electrons. The largest absolute Gasteiger partial charge is 0.394 e. The molecule has 0 saturated carbocycles. The zero-order valence-corrected chi connectivity index (χ0v) is 13.0. The maximum absolute atomic E-state index is 10.2. The Bertz CT molecular complexity index is 401. The van der Waals surface area contributed by atoms with Gasteiger partial charge >= 0.3 is 0 Å². The van der Waals surface area contributed by atoms with Crippen molar-refractivity contribution in [3.05, 3.63) is 0 Å². The average Bonchev–Trinajstić information content (AvgIpc) is 2.57. The van der Waals surface area contributed by atoms with Crippen LogP contribution in [-0.4, -0.2) is 117 Å². The molecule has 6 unspecified atom stereocenters. The van der Waals surface area contributed by atoms with Crippen molar-refractivity contribution in [3.63, 3.8) is 0 Å². The Balaban J connectivity index is 2.07. The van der Waals surface area contributed by atoms with Crippen molar-refractivity contribution in [2.24, 2.45) is 0 Å². The summed E-state index contributed by atoms with van der Waals surface area (Å²) in [7, 11) is 1.50. The number of nitrogens with one attached hydrogen (secondary N) is 1. The fourth-order valence-electron chi connectivity index (χ4n) is 2.81. The summed E-state index contributed by atoms with van der Waals surface area (Å²) in [6.45, 7) is -0.945. The predicted octanol–water partition coefficient (Wildman–Crippen LogP) is -5.17. The molecular weight excluding hydrogens is 330 g/mol. The fraction of sp³-hybridized carbons (Fsp3) is 1.00. The molecule has 0 radical (unpaired) electrons. The predicted molar refractivity (Wildman–Crippen MR) is 75.5 cm³/mol. The van der Waals surface area contributed by atoms with E-state index in [1.54, 1.807) is 0 Å². The second-order valence-corrected chi connectivity index (χ2v) is 5.89. The summed E-state index contributed by atoms with van der Waals surface area (Å²) in [5.41, 5.74) is 0. The van der Waals surface area contributed by atoms with Crippen LogP contribution in [0.1, 0.15) is 0 Å². The second-order valence-electron chi connectivity index (χ2n) is 5.89. The summed E-state index contributed by atoms with van der Waals surface area (Å²) in [4.78, 5) is 0. The molecule has 0 aromatic rings. The van der Waals surface area contributed by atoms with E-state index in [0.29, 0.717) is 0 Å². The van der Waals surface area contributed by atoms with Crippen LogP contribution in [0.3, 0.4) is 0 Å². The monoisotopic (exact) mass is 355 g/mol. The molecule has 0 aliphatic carbocycles. The van der Waals surface area contributed by atoms with Crippen LogP contribution in [0.4, 0.5) is 0 Å². The number of aliphatic hydroxyl groups is 7. The van der Waals surface area contributed by atoms with Gasteiger partial charge in [0.25, 0.3) is 0 Å². The minimum Gasteiger partial charge on any atom is -0.394 e. The molecule has 8 N–H and O–H groups in total. The van der Waals surface area contributed by atoms with E-state index >= 15 is 0 Å². The summed E-state index contributed by atoms with van der Waals surface area (Å²) in [6, 6.07) is -0.848. The highest BCUT2D eigenvalue weighted by molar-refractivity contribution is 4.94. The number of aliphatic hydroxyl groups excluding tert-OH is 7. The molecule has 0 aromatic carbocycles. The van der Waals surface area contributed by atoms with Crippen LogP contribution in [0, 0.1) is 0 Å². The van der Waals surface area contributed by atoms with Crippen LogP contribution in [0.2, 0.25) is 0 Å². The van der Waals surface area contributed by atoms with Crippen molar-refractivity contribution in [3.8, 4) is 0 Å². The van der Waals surface area contributed by atoms with Gasteiger partial charge in [0.15, 0.2) is 12.6 Å². The highest BCUT2D eigenvalue weighted by atomic mass is 16.7. The zero-order chi connectivity index (χ0) is 18.0. The molecule has 11 nitrogen and oxygen atoms in total. The van der Waals surface area contributed by atoms with Crippen molar-refractivity contribution in [2.75, 3.05) is 20.3 Å². The van der Waals surface area contributed by atoms with Gasteiger partial charge in [-0.3, -0.25) is 0 Å². The molecule has 10 atom stereocenters. The standard InChI is InChI=1S/C13H25NO10/c1-14-6-7(17)5(3-22-12(6)21)23-13-10(20)8(18)9(19)11(24-13)4(16)2-15/h4-21H,2-3H2,1H3/t4?,5-,6-,7+,8?,9?,10?,11?,12+,13?/m1/s1. The number of ether oxygens (including phenoxy) is 3. The average molecular weight is 355 g/mol. The van der Waals surface area contributed by atoms with Crippen LogP contribution in [-0.2, 0) is 14.2 Å². The summed E-state index contributed by atoms with van der Waals surface area (Å²) in [5.74, 6) is 0. The van der Waals surface area contributed by atoms with Crippen molar-refractivity contribution >= 4 is 0 Å². The summed E-state index contributed by atoms with van der Waals surface area (Å²) >= 11 is 0.